The normalized spacial score (nSPS) is 10.1. The molecule has 8 heteroatoms. The van der Waals surface area contributed by atoms with E-state index in [1.165, 1.54) is 24.2 Å². The number of aromatic nitrogens is 2. The van der Waals surface area contributed by atoms with Gasteiger partial charge in [0.25, 0.3) is 0 Å². The summed E-state index contributed by atoms with van der Waals surface area (Å²) in [6, 6.07) is 0. The number of amides is 1. The predicted molar refractivity (Wildman–Crippen MR) is 76.0 cm³/mol. The summed E-state index contributed by atoms with van der Waals surface area (Å²) in [5.74, 6) is 0.141. The minimum Gasteiger partial charge on any atom is -0.466 e. The van der Waals surface area contributed by atoms with Crippen molar-refractivity contribution in [1.29, 1.82) is 0 Å². The van der Waals surface area contributed by atoms with Crippen molar-refractivity contribution in [1.82, 2.24) is 15.3 Å². The maximum Gasteiger partial charge on any atom is 0.305 e. The second-order valence-electron chi connectivity index (χ2n) is 3.79. The van der Waals surface area contributed by atoms with Crippen molar-refractivity contribution in [2.75, 3.05) is 24.6 Å². The SMILES string of the molecule is CCOC(=O)CCCNC(=O)CSc1nccnc1N. The highest BCUT2D eigenvalue weighted by Crippen LogP contribution is 2.18. The Balaban J connectivity index is 2.15. The highest BCUT2D eigenvalue weighted by Gasteiger charge is 2.07. The Hall–Kier alpha value is -1.83. The summed E-state index contributed by atoms with van der Waals surface area (Å²) in [5.41, 5.74) is 5.61. The summed E-state index contributed by atoms with van der Waals surface area (Å²) in [4.78, 5) is 30.5. The van der Waals surface area contributed by atoms with E-state index < -0.39 is 0 Å². The summed E-state index contributed by atoms with van der Waals surface area (Å²) >= 11 is 1.23. The summed E-state index contributed by atoms with van der Waals surface area (Å²) in [5, 5.41) is 3.25. The molecule has 0 spiro atoms. The maximum absolute atomic E-state index is 11.6. The Labute approximate surface area is 121 Å². The third kappa shape index (κ3) is 6.37. The highest BCUT2D eigenvalue weighted by molar-refractivity contribution is 8.00. The van der Waals surface area contributed by atoms with Gasteiger partial charge in [0.05, 0.1) is 12.4 Å². The number of hydrogen-bond donors (Lipinski definition) is 2. The molecule has 110 valence electrons. The van der Waals surface area contributed by atoms with Crippen LogP contribution in [0.2, 0.25) is 0 Å². The van der Waals surface area contributed by atoms with Crippen LogP contribution in [0.1, 0.15) is 19.8 Å². The van der Waals surface area contributed by atoms with Gasteiger partial charge in [-0.15, -0.1) is 0 Å². The van der Waals surface area contributed by atoms with Gasteiger partial charge in [-0.1, -0.05) is 11.8 Å². The first kappa shape index (κ1) is 16.2. The fraction of sp³-hybridized carbons (Fsp3) is 0.500. The fourth-order valence-corrected chi connectivity index (χ4v) is 2.03. The molecule has 0 atom stereocenters. The van der Waals surface area contributed by atoms with Crippen molar-refractivity contribution in [3.8, 4) is 0 Å². The average molecular weight is 298 g/mol. The van der Waals surface area contributed by atoms with E-state index in [-0.39, 0.29) is 17.6 Å². The number of nitrogens with two attached hydrogens (primary N) is 1. The van der Waals surface area contributed by atoms with Crippen LogP contribution in [0.5, 0.6) is 0 Å². The molecule has 20 heavy (non-hydrogen) atoms. The van der Waals surface area contributed by atoms with E-state index in [2.05, 4.69) is 15.3 Å². The highest BCUT2D eigenvalue weighted by atomic mass is 32.2. The lowest BCUT2D eigenvalue weighted by Crippen LogP contribution is -2.26. The maximum atomic E-state index is 11.6. The summed E-state index contributed by atoms with van der Waals surface area (Å²) in [6.07, 6.45) is 3.88. The van der Waals surface area contributed by atoms with E-state index in [0.717, 1.165) is 0 Å². The number of esters is 1. The fourth-order valence-electron chi connectivity index (χ4n) is 1.33. The number of nitrogens with zero attached hydrogens (tertiary/aromatic N) is 2. The number of carbonyl (C=O) groups excluding carboxylic acids is 2. The summed E-state index contributed by atoms with van der Waals surface area (Å²) < 4.78 is 4.78. The van der Waals surface area contributed by atoms with Crippen molar-refractivity contribution in [2.24, 2.45) is 0 Å². The number of nitrogen functional groups attached to an aromatic ring is 1. The molecular weight excluding hydrogens is 280 g/mol. The quantitative estimate of drug-likeness (QED) is 0.411. The van der Waals surface area contributed by atoms with Gasteiger partial charge < -0.3 is 15.8 Å². The van der Waals surface area contributed by atoms with Gasteiger partial charge in [0.1, 0.15) is 5.03 Å². The van der Waals surface area contributed by atoms with E-state index in [1.54, 1.807) is 6.92 Å². The van der Waals surface area contributed by atoms with E-state index >= 15 is 0 Å². The van der Waals surface area contributed by atoms with Crippen molar-refractivity contribution < 1.29 is 14.3 Å². The smallest absolute Gasteiger partial charge is 0.305 e. The van der Waals surface area contributed by atoms with Gasteiger partial charge in [-0.05, 0) is 13.3 Å². The Morgan fingerprint density at radius 3 is 2.85 bits per heavy atom. The van der Waals surface area contributed by atoms with Crippen molar-refractivity contribution in [3.05, 3.63) is 12.4 Å². The van der Waals surface area contributed by atoms with E-state index in [4.69, 9.17) is 10.5 Å². The van der Waals surface area contributed by atoms with Gasteiger partial charge in [-0.2, -0.15) is 0 Å². The molecule has 7 nitrogen and oxygen atoms in total. The largest absolute Gasteiger partial charge is 0.466 e. The number of ether oxygens (including phenoxy) is 1. The van der Waals surface area contributed by atoms with E-state index in [9.17, 15) is 9.59 Å². The monoisotopic (exact) mass is 298 g/mol. The zero-order valence-electron chi connectivity index (χ0n) is 11.3. The molecule has 0 bridgehead atoms. The zero-order valence-corrected chi connectivity index (χ0v) is 12.1. The van der Waals surface area contributed by atoms with Crippen LogP contribution in [0, 0.1) is 0 Å². The molecule has 0 aliphatic carbocycles. The van der Waals surface area contributed by atoms with Crippen LogP contribution < -0.4 is 11.1 Å². The molecule has 3 N–H and O–H groups in total. The Morgan fingerprint density at radius 1 is 1.40 bits per heavy atom. The van der Waals surface area contributed by atoms with E-state index in [1.807, 2.05) is 0 Å². The van der Waals surface area contributed by atoms with Crippen LogP contribution in [0.3, 0.4) is 0 Å². The first-order valence-corrected chi connectivity index (χ1v) is 7.23. The Bertz CT molecular complexity index is 456. The second kappa shape index (κ2) is 9.13. The van der Waals surface area contributed by atoms with Gasteiger partial charge in [-0.3, -0.25) is 9.59 Å². The van der Waals surface area contributed by atoms with Crippen LogP contribution in [0.4, 0.5) is 5.82 Å². The number of rotatable bonds is 8. The van der Waals surface area contributed by atoms with E-state index in [0.29, 0.717) is 36.8 Å². The summed E-state index contributed by atoms with van der Waals surface area (Å²) in [6.45, 7) is 2.57. The molecule has 0 radical (unpaired) electrons. The first-order chi connectivity index (χ1) is 9.63. The lowest BCUT2D eigenvalue weighted by Gasteiger charge is -2.05. The molecule has 0 fully saturated rings. The molecule has 0 saturated carbocycles. The van der Waals surface area contributed by atoms with Crippen LogP contribution in [0.25, 0.3) is 0 Å². The standard InChI is InChI=1S/C12H18N4O3S/c1-2-19-10(18)4-3-5-14-9(17)8-20-12-11(13)15-6-7-16-12/h6-7H,2-5,8H2,1H3,(H2,13,15)(H,14,17). The van der Waals surface area contributed by atoms with Crippen LogP contribution in [-0.2, 0) is 14.3 Å². The Morgan fingerprint density at radius 2 is 2.15 bits per heavy atom. The van der Waals surface area contributed by atoms with Crippen LogP contribution >= 0.6 is 11.8 Å². The molecule has 1 amide bonds. The van der Waals surface area contributed by atoms with Gasteiger partial charge in [0.2, 0.25) is 5.91 Å². The van der Waals surface area contributed by atoms with Crippen molar-refractivity contribution in [3.63, 3.8) is 0 Å². The minimum absolute atomic E-state index is 0.135. The molecule has 1 heterocycles. The molecule has 1 aromatic rings. The lowest BCUT2D eigenvalue weighted by atomic mass is 10.3. The molecule has 0 saturated heterocycles. The van der Waals surface area contributed by atoms with Crippen LogP contribution in [-0.4, -0.2) is 40.7 Å². The second-order valence-corrected chi connectivity index (χ2v) is 4.76. The van der Waals surface area contributed by atoms with Gasteiger partial charge in [-0.25, -0.2) is 9.97 Å². The number of nitrogens with one attached hydrogen (secondary N) is 1. The van der Waals surface area contributed by atoms with Gasteiger partial charge in [0.15, 0.2) is 5.82 Å². The van der Waals surface area contributed by atoms with Gasteiger partial charge >= 0.3 is 5.97 Å². The lowest BCUT2D eigenvalue weighted by molar-refractivity contribution is -0.143. The molecule has 0 aliphatic rings. The minimum atomic E-state index is -0.247. The molecule has 0 aliphatic heterocycles. The van der Waals surface area contributed by atoms with Crippen LogP contribution in [0.15, 0.2) is 17.4 Å². The number of hydrogen-bond acceptors (Lipinski definition) is 7. The summed E-state index contributed by atoms with van der Waals surface area (Å²) in [7, 11) is 0. The molecule has 1 aromatic heterocycles. The molecule has 0 aromatic carbocycles. The third-order valence-corrected chi connectivity index (χ3v) is 3.21. The molecule has 1 rings (SSSR count). The molecule has 0 unspecified atom stereocenters. The van der Waals surface area contributed by atoms with Crippen molar-refractivity contribution >= 4 is 29.5 Å². The Kier molecular flexibility index (Phi) is 7.41. The third-order valence-electron chi connectivity index (χ3n) is 2.22. The number of carbonyl (C=O) groups is 2. The first-order valence-electron chi connectivity index (χ1n) is 6.25. The number of anilines is 1. The van der Waals surface area contributed by atoms with Gasteiger partial charge in [0, 0.05) is 25.4 Å². The number of thioether (sulfide) groups is 1. The topological polar surface area (TPSA) is 107 Å². The van der Waals surface area contributed by atoms with Crippen molar-refractivity contribution in [2.45, 2.75) is 24.8 Å². The zero-order chi connectivity index (χ0) is 14.8. The average Bonchev–Trinajstić information content (AvgIpc) is 2.43. The predicted octanol–water partition coefficient (Wildman–Crippen LogP) is 0.610. The molecular formula is C12H18N4O3S.